The van der Waals surface area contributed by atoms with Crippen molar-refractivity contribution in [3.8, 4) is 5.75 Å². The number of rotatable bonds is 7. The fraction of sp³-hybridized carbons (Fsp3) is 0.417. The zero-order valence-electron chi connectivity index (χ0n) is 18.0. The van der Waals surface area contributed by atoms with Gasteiger partial charge < -0.3 is 14.5 Å². The molecule has 1 aliphatic rings. The predicted molar refractivity (Wildman–Crippen MR) is 115 cm³/mol. The Labute approximate surface area is 177 Å². The molecule has 0 N–H and O–H groups in total. The highest BCUT2D eigenvalue weighted by atomic mass is 19.1. The van der Waals surface area contributed by atoms with Crippen LogP contribution in [-0.4, -0.2) is 36.3 Å². The molecule has 0 fully saturated rings. The van der Waals surface area contributed by atoms with E-state index in [1.165, 1.54) is 12.1 Å². The predicted octanol–water partition coefficient (Wildman–Crippen LogP) is 4.79. The van der Waals surface area contributed by atoms with E-state index in [1.54, 1.807) is 18.1 Å². The SMILES string of the molecule is COc1ccc(C2=NO[C@H](CN(Cc3cccc(F)c3)C(=O)CC(C)(C)C)C2)cc1. The second kappa shape index (κ2) is 9.28. The molecule has 1 atom stereocenters. The first-order valence-electron chi connectivity index (χ1n) is 10.1. The zero-order chi connectivity index (χ0) is 21.7. The Balaban J connectivity index is 1.69. The van der Waals surface area contributed by atoms with Crippen molar-refractivity contribution < 1.29 is 18.8 Å². The van der Waals surface area contributed by atoms with Gasteiger partial charge in [0.1, 0.15) is 11.6 Å². The highest BCUT2D eigenvalue weighted by molar-refractivity contribution is 6.01. The Bertz CT molecular complexity index is 903. The van der Waals surface area contributed by atoms with Crippen LogP contribution >= 0.6 is 0 Å². The Kier molecular flexibility index (Phi) is 6.75. The Hall–Kier alpha value is -2.89. The Morgan fingerprint density at radius 1 is 1.23 bits per heavy atom. The fourth-order valence-corrected chi connectivity index (χ4v) is 3.40. The molecule has 2 aromatic rings. The van der Waals surface area contributed by atoms with Crippen LogP contribution in [-0.2, 0) is 16.2 Å². The minimum atomic E-state index is -0.307. The van der Waals surface area contributed by atoms with E-state index in [9.17, 15) is 9.18 Å². The van der Waals surface area contributed by atoms with Crippen LogP contribution in [0.2, 0.25) is 0 Å². The summed E-state index contributed by atoms with van der Waals surface area (Å²) < 4.78 is 18.8. The number of ether oxygens (including phenoxy) is 1. The van der Waals surface area contributed by atoms with Gasteiger partial charge in [-0.2, -0.15) is 0 Å². The number of halogens is 1. The average molecular weight is 413 g/mol. The van der Waals surface area contributed by atoms with Gasteiger partial charge in [-0.1, -0.05) is 38.1 Å². The number of oxime groups is 1. The summed E-state index contributed by atoms with van der Waals surface area (Å²) >= 11 is 0. The molecule has 0 bridgehead atoms. The molecule has 1 aliphatic heterocycles. The Morgan fingerprint density at radius 2 is 1.97 bits per heavy atom. The maximum atomic E-state index is 13.6. The Morgan fingerprint density at radius 3 is 2.60 bits per heavy atom. The first-order chi connectivity index (χ1) is 14.2. The van der Waals surface area contributed by atoms with Gasteiger partial charge in [0.05, 0.1) is 19.4 Å². The lowest BCUT2D eigenvalue weighted by Gasteiger charge is -2.28. The summed E-state index contributed by atoms with van der Waals surface area (Å²) in [5, 5.41) is 4.23. The monoisotopic (exact) mass is 412 g/mol. The van der Waals surface area contributed by atoms with Gasteiger partial charge in [0.15, 0.2) is 6.10 Å². The number of carbonyl (C=O) groups is 1. The first-order valence-corrected chi connectivity index (χ1v) is 10.1. The number of benzene rings is 2. The molecule has 6 heteroatoms. The standard InChI is InChI=1S/C24H29FN2O3/c1-24(2,3)14-23(28)27(15-17-6-5-7-19(25)12-17)16-21-13-22(26-30-21)18-8-10-20(29-4)11-9-18/h5-12,21H,13-16H2,1-4H3/t21-/m0/s1. The molecule has 0 spiro atoms. The molecule has 3 rings (SSSR count). The summed E-state index contributed by atoms with van der Waals surface area (Å²) in [6.45, 7) is 6.83. The molecular weight excluding hydrogens is 383 g/mol. The van der Waals surface area contributed by atoms with Gasteiger partial charge in [0, 0.05) is 19.4 Å². The van der Waals surface area contributed by atoms with Gasteiger partial charge in [-0.25, -0.2) is 4.39 Å². The van der Waals surface area contributed by atoms with Gasteiger partial charge >= 0.3 is 0 Å². The molecule has 0 saturated heterocycles. The second-order valence-corrected chi connectivity index (χ2v) is 8.84. The summed E-state index contributed by atoms with van der Waals surface area (Å²) in [6.07, 6.45) is 0.773. The van der Waals surface area contributed by atoms with Crippen LogP contribution in [0.5, 0.6) is 5.75 Å². The second-order valence-electron chi connectivity index (χ2n) is 8.84. The van der Waals surface area contributed by atoms with Crippen LogP contribution < -0.4 is 4.74 Å². The third-order valence-corrected chi connectivity index (χ3v) is 4.88. The fourth-order valence-electron chi connectivity index (χ4n) is 3.40. The van der Waals surface area contributed by atoms with Crippen LogP contribution in [0, 0.1) is 11.2 Å². The maximum Gasteiger partial charge on any atom is 0.223 e. The molecule has 1 heterocycles. The number of amides is 1. The highest BCUT2D eigenvalue weighted by Crippen LogP contribution is 2.24. The largest absolute Gasteiger partial charge is 0.497 e. The summed E-state index contributed by atoms with van der Waals surface area (Å²) in [5.41, 5.74) is 2.43. The van der Waals surface area contributed by atoms with Crippen molar-refractivity contribution in [1.82, 2.24) is 4.90 Å². The van der Waals surface area contributed by atoms with Crippen LogP contribution in [0.15, 0.2) is 53.7 Å². The molecule has 2 aromatic carbocycles. The van der Waals surface area contributed by atoms with E-state index in [4.69, 9.17) is 9.57 Å². The molecule has 1 amide bonds. The van der Waals surface area contributed by atoms with Gasteiger partial charge in [-0.3, -0.25) is 4.79 Å². The summed E-state index contributed by atoms with van der Waals surface area (Å²) in [6, 6.07) is 14.0. The number of hydrogen-bond acceptors (Lipinski definition) is 4. The minimum Gasteiger partial charge on any atom is -0.497 e. The number of hydrogen-bond donors (Lipinski definition) is 0. The molecule has 0 unspecified atom stereocenters. The van der Waals surface area contributed by atoms with E-state index in [0.717, 1.165) is 22.6 Å². The molecule has 0 radical (unpaired) electrons. The molecule has 160 valence electrons. The molecular formula is C24H29FN2O3. The normalized spacial score (nSPS) is 16.0. The number of nitrogens with zero attached hydrogens (tertiary/aromatic N) is 2. The van der Waals surface area contributed by atoms with Crippen LogP contribution in [0.1, 0.15) is 44.7 Å². The smallest absolute Gasteiger partial charge is 0.223 e. The van der Waals surface area contributed by atoms with Crippen molar-refractivity contribution in [2.24, 2.45) is 10.6 Å². The summed E-state index contributed by atoms with van der Waals surface area (Å²) in [4.78, 5) is 20.4. The lowest BCUT2D eigenvalue weighted by atomic mass is 9.91. The van der Waals surface area contributed by atoms with Crippen molar-refractivity contribution in [1.29, 1.82) is 0 Å². The summed E-state index contributed by atoms with van der Waals surface area (Å²) in [5.74, 6) is 0.495. The molecule has 0 saturated carbocycles. The summed E-state index contributed by atoms with van der Waals surface area (Å²) in [7, 11) is 1.63. The van der Waals surface area contributed by atoms with Crippen LogP contribution in [0.3, 0.4) is 0 Å². The van der Waals surface area contributed by atoms with Gasteiger partial charge in [0.2, 0.25) is 5.91 Å². The lowest BCUT2D eigenvalue weighted by molar-refractivity contribution is -0.135. The molecule has 0 aromatic heterocycles. The number of methoxy groups -OCH3 is 1. The van der Waals surface area contributed by atoms with Crippen molar-refractivity contribution >= 4 is 11.6 Å². The molecule has 0 aliphatic carbocycles. The zero-order valence-corrected chi connectivity index (χ0v) is 18.0. The van der Waals surface area contributed by atoms with Crippen LogP contribution in [0.25, 0.3) is 0 Å². The molecule has 5 nitrogen and oxygen atoms in total. The molecule has 30 heavy (non-hydrogen) atoms. The topological polar surface area (TPSA) is 51.1 Å². The third-order valence-electron chi connectivity index (χ3n) is 4.88. The van der Waals surface area contributed by atoms with Crippen molar-refractivity contribution in [3.63, 3.8) is 0 Å². The van der Waals surface area contributed by atoms with Crippen LogP contribution in [0.4, 0.5) is 4.39 Å². The van der Waals surface area contributed by atoms with E-state index in [1.807, 2.05) is 51.1 Å². The van der Waals surface area contributed by atoms with Crippen molar-refractivity contribution in [2.75, 3.05) is 13.7 Å². The van der Waals surface area contributed by atoms with Crippen molar-refractivity contribution in [2.45, 2.75) is 46.3 Å². The van der Waals surface area contributed by atoms with E-state index in [2.05, 4.69) is 5.16 Å². The van der Waals surface area contributed by atoms with Gasteiger partial charge in [-0.15, -0.1) is 0 Å². The third kappa shape index (κ3) is 6.05. The van der Waals surface area contributed by atoms with Gasteiger partial charge in [-0.05, 0) is 52.9 Å². The van der Waals surface area contributed by atoms with E-state index in [0.29, 0.717) is 25.9 Å². The first kappa shape index (κ1) is 21.8. The lowest BCUT2D eigenvalue weighted by Crippen LogP contribution is -2.38. The van der Waals surface area contributed by atoms with Gasteiger partial charge in [0.25, 0.3) is 0 Å². The van der Waals surface area contributed by atoms with E-state index < -0.39 is 0 Å². The highest BCUT2D eigenvalue weighted by Gasteiger charge is 2.28. The number of carbonyl (C=O) groups excluding carboxylic acids is 1. The van der Waals surface area contributed by atoms with E-state index in [-0.39, 0.29) is 23.2 Å². The average Bonchev–Trinajstić information content (AvgIpc) is 3.15. The maximum absolute atomic E-state index is 13.6. The van der Waals surface area contributed by atoms with E-state index >= 15 is 0 Å². The minimum absolute atomic E-state index is 0.0215. The quantitative estimate of drug-likeness (QED) is 0.657. The van der Waals surface area contributed by atoms with Crippen molar-refractivity contribution in [3.05, 3.63) is 65.5 Å².